The fourth-order valence-corrected chi connectivity index (χ4v) is 1.74. The Bertz CT molecular complexity index is 444. The molecule has 7 nitrogen and oxygen atoms in total. The van der Waals surface area contributed by atoms with Crippen molar-refractivity contribution in [1.29, 1.82) is 0 Å². The van der Waals surface area contributed by atoms with Crippen molar-refractivity contribution in [2.24, 2.45) is 11.7 Å². The molecule has 1 saturated carbocycles. The van der Waals surface area contributed by atoms with Crippen LogP contribution in [0.1, 0.15) is 23.3 Å². The standard InChI is InChI=1S/C10H14N4O3.ClH/c11-5-8(6-1-2-6)13-10(15)7-3-4-9(12-7)14(16)17;/h3-4,6,8,12H,1-2,5,11H2,(H,13,15);1H. The van der Waals surface area contributed by atoms with E-state index in [1.165, 1.54) is 12.1 Å². The predicted octanol–water partition coefficient (Wildman–Crippen LogP) is 0.812. The molecule has 0 spiro atoms. The average molecular weight is 275 g/mol. The molecule has 4 N–H and O–H groups in total. The lowest BCUT2D eigenvalue weighted by molar-refractivity contribution is -0.389. The molecule has 1 aliphatic carbocycles. The van der Waals surface area contributed by atoms with Gasteiger partial charge in [0.05, 0.1) is 0 Å². The topological polar surface area (TPSA) is 114 Å². The number of carbonyl (C=O) groups excluding carboxylic acids is 1. The van der Waals surface area contributed by atoms with E-state index < -0.39 is 4.92 Å². The molecule has 1 aliphatic rings. The van der Waals surface area contributed by atoms with Crippen molar-refractivity contribution < 1.29 is 9.72 Å². The first kappa shape index (κ1) is 14.5. The smallest absolute Gasteiger partial charge is 0.321 e. The number of aromatic nitrogens is 1. The van der Waals surface area contributed by atoms with Crippen LogP contribution in [0.5, 0.6) is 0 Å². The summed E-state index contributed by atoms with van der Waals surface area (Å²) in [5.74, 6) is -0.0831. The van der Waals surface area contributed by atoms with Gasteiger partial charge in [0, 0.05) is 18.7 Å². The average Bonchev–Trinajstić information content (AvgIpc) is 3.01. The van der Waals surface area contributed by atoms with E-state index in [9.17, 15) is 14.9 Å². The molecule has 1 heterocycles. The van der Waals surface area contributed by atoms with E-state index in [0.717, 1.165) is 12.8 Å². The molecular weight excluding hydrogens is 260 g/mol. The molecule has 1 aromatic rings. The van der Waals surface area contributed by atoms with Crippen LogP contribution in [0, 0.1) is 16.0 Å². The van der Waals surface area contributed by atoms with Gasteiger partial charge in [-0.05, 0) is 29.7 Å². The Morgan fingerprint density at radius 2 is 2.28 bits per heavy atom. The van der Waals surface area contributed by atoms with E-state index in [-0.39, 0.29) is 35.9 Å². The zero-order valence-electron chi connectivity index (χ0n) is 9.59. The normalized spacial score (nSPS) is 15.6. The second-order valence-corrected chi connectivity index (χ2v) is 4.17. The number of H-pyrrole nitrogens is 1. The number of nitrogens with two attached hydrogens (primary N) is 1. The molecule has 8 heteroatoms. The van der Waals surface area contributed by atoms with Gasteiger partial charge in [-0.3, -0.25) is 4.79 Å². The summed E-state index contributed by atoms with van der Waals surface area (Å²) in [5.41, 5.74) is 5.75. The predicted molar refractivity (Wildman–Crippen MR) is 67.7 cm³/mol. The van der Waals surface area contributed by atoms with Gasteiger partial charge in [0.1, 0.15) is 0 Å². The molecule has 0 bridgehead atoms. The summed E-state index contributed by atoms with van der Waals surface area (Å²) in [6.45, 7) is 0.388. The van der Waals surface area contributed by atoms with Crippen LogP contribution < -0.4 is 11.1 Å². The molecule has 1 unspecified atom stereocenters. The van der Waals surface area contributed by atoms with Crippen molar-refractivity contribution in [3.05, 3.63) is 27.9 Å². The lowest BCUT2D eigenvalue weighted by Gasteiger charge is -2.14. The quantitative estimate of drug-likeness (QED) is 0.544. The van der Waals surface area contributed by atoms with Gasteiger partial charge in [-0.15, -0.1) is 12.4 Å². The van der Waals surface area contributed by atoms with Gasteiger partial charge in [0.15, 0.2) is 5.69 Å². The third-order valence-corrected chi connectivity index (χ3v) is 2.87. The maximum Gasteiger partial charge on any atom is 0.321 e. The maximum absolute atomic E-state index is 11.8. The first-order chi connectivity index (χ1) is 8.11. The van der Waals surface area contributed by atoms with Crippen molar-refractivity contribution in [2.75, 3.05) is 6.54 Å². The van der Waals surface area contributed by atoms with Crippen LogP contribution in [0.15, 0.2) is 12.1 Å². The lowest BCUT2D eigenvalue weighted by Crippen LogP contribution is -2.41. The first-order valence-corrected chi connectivity index (χ1v) is 5.46. The Balaban J connectivity index is 0.00000162. The lowest BCUT2D eigenvalue weighted by atomic mass is 10.2. The van der Waals surface area contributed by atoms with Crippen molar-refractivity contribution >= 4 is 24.1 Å². The molecular formula is C10H15ClN4O3. The number of nitrogens with zero attached hydrogens (tertiary/aromatic N) is 1. The number of hydrogen-bond acceptors (Lipinski definition) is 4. The van der Waals surface area contributed by atoms with E-state index in [1.54, 1.807) is 0 Å². The Hall–Kier alpha value is -1.60. The molecule has 0 radical (unpaired) electrons. The molecule has 2 rings (SSSR count). The van der Waals surface area contributed by atoms with E-state index >= 15 is 0 Å². The Labute approximate surface area is 110 Å². The number of aromatic amines is 1. The van der Waals surface area contributed by atoms with Gasteiger partial charge in [0.2, 0.25) is 0 Å². The highest BCUT2D eigenvalue weighted by molar-refractivity contribution is 5.93. The van der Waals surface area contributed by atoms with Gasteiger partial charge in [-0.25, -0.2) is 4.98 Å². The van der Waals surface area contributed by atoms with E-state index in [4.69, 9.17) is 5.73 Å². The van der Waals surface area contributed by atoms with Crippen molar-refractivity contribution in [2.45, 2.75) is 18.9 Å². The Morgan fingerprint density at radius 1 is 1.61 bits per heavy atom. The van der Waals surface area contributed by atoms with Gasteiger partial charge in [-0.2, -0.15) is 0 Å². The van der Waals surface area contributed by atoms with Crippen LogP contribution in [0.2, 0.25) is 0 Å². The number of nitro groups is 1. The highest BCUT2D eigenvalue weighted by Crippen LogP contribution is 2.32. The SMILES string of the molecule is Cl.NCC(NC(=O)c1ccc([N+](=O)[O-])[nH]1)C1CC1. The third kappa shape index (κ3) is 3.21. The van der Waals surface area contributed by atoms with E-state index in [0.29, 0.717) is 12.5 Å². The molecule has 100 valence electrons. The molecule has 18 heavy (non-hydrogen) atoms. The van der Waals surface area contributed by atoms with Gasteiger partial charge < -0.3 is 21.2 Å². The second-order valence-electron chi connectivity index (χ2n) is 4.17. The molecule has 1 amide bonds. The Kier molecular flexibility index (Phi) is 4.69. The number of hydrogen-bond donors (Lipinski definition) is 3. The van der Waals surface area contributed by atoms with Crippen LogP contribution in [0.25, 0.3) is 0 Å². The highest BCUT2D eigenvalue weighted by atomic mass is 35.5. The summed E-state index contributed by atoms with van der Waals surface area (Å²) in [4.78, 5) is 24.1. The largest absolute Gasteiger partial charge is 0.358 e. The van der Waals surface area contributed by atoms with Gasteiger partial charge in [0.25, 0.3) is 5.91 Å². The molecule has 0 saturated heterocycles. The van der Waals surface area contributed by atoms with E-state index in [1.807, 2.05) is 0 Å². The van der Waals surface area contributed by atoms with Crippen LogP contribution >= 0.6 is 12.4 Å². The summed E-state index contributed by atoms with van der Waals surface area (Å²) in [6.07, 6.45) is 2.15. The van der Waals surface area contributed by atoms with Crippen LogP contribution in [-0.4, -0.2) is 28.4 Å². The summed E-state index contributed by atoms with van der Waals surface area (Å²) in [5, 5.41) is 13.2. The molecule has 0 aromatic carbocycles. The zero-order chi connectivity index (χ0) is 12.4. The van der Waals surface area contributed by atoms with Crippen molar-refractivity contribution in [3.63, 3.8) is 0 Å². The minimum atomic E-state index is -0.571. The van der Waals surface area contributed by atoms with Gasteiger partial charge in [-0.1, -0.05) is 0 Å². The Morgan fingerprint density at radius 3 is 2.72 bits per heavy atom. The maximum atomic E-state index is 11.8. The zero-order valence-corrected chi connectivity index (χ0v) is 10.4. The molecule has 1 fully saturated rings. The fraction of sp³-hybridized carbons (Fsp3) is 0.500. The molecule has 1 aromatic heterocycles. The summed E-state index contributed by atoms with van der Waals surface area (Å²) >= 11 is 0. The number of carbonyl (C=O) groups is 1. The minimum absolute atomic E-state index is 0. The second kappa shape index (κ2) is 5.83. The highest BCUT2D eigenvalue weighted by Gasteiger charge is 2.32. The number of nitrogens with one attached hydrogen (secondary N) is 2. The monoisotopic (exact) mass is 274 g/mol. The third-order valence-electron chi connectivity index (χ3n) is 2.87. The number of amides is 1. The fourth-order valence-electron chi connectivity index (χ4n) is 1.74. The van der Waals surface area contributed by atoms with Crippen LogP contribution in [-0.2, 0) is 0 Å². The molecule has 0 aliphatic heterocycles. The van der Waals surface area contributed by atoms with Gasteiger partial charge >= 0.3 is 5.82 Å². The summed E-state index contributed by atoms with van der Waals surface area (Å²) in [6, 6.07) is 2.63. The molecule has 1 atom stereocenters. The minimum Gasteiger partial charge on any atom is -0.358 e. The van der Waals surface area contributed by atoms with Crippen LogP contribution in [0.4, 0.5) is 5.82 Å². The van der Waals surface area contributed by atoms with Crippen molar-refractivity contribution in [3.8, 4) is 0 Å². The number of halogens is 1. The summed E-state index contributed by atoms with van der Waals surface area (Å²) in [7, 11) is 0. The summed E-state index contributed by atoms with van der Waals surface area (Å²) < 4.78 is 0. The van der Waals surface area contributed by atoms with Crippen molar-refractivity contribution in [1.82, 2.24) is 10.3 Å². The van der Waals surface area contributed by atoms with Crippen LogP contribution in [0.3, 0.4) is 0 Å². The number of rotatable bonds is 5. The first-order valence-electron chi connectivity index (χ1n) is 5.46. The van der Waals surface area contributed by atoms with E-state index in [2.05, 4.69) is 10.3 Å².